The van der Waals surface area contributed by atoms with Crippen molar-refractivity contribution in [2.45, 2.75) is 50.3 Å². The van der Waals surface area contributed by atoms with Gasteiger partial charge in [0, 0.05) is 18.5 Å². The largest absolute Gasteiger partial charge is 0.484 e. The van der Waals surface area contributed by atoms with Crippen molar-refractivity contribution in [3.05, 3.63) is 29.3 Å². The average Bonchev–Trinajstić information content (AvgIpc) is 2.91. The summed E-state index contributed by atoms with van der Waals surface area (Å²) in [5, 5.41) is 3.57. The van der Waals surface area contributed by atoms with Gasteiger partial charge in [0.05, 0.1) is 12.0 Å². The maximum absolute atomic E-state index is 12.4. The third kappa shape index (κ3) is 1.31. The highest BCUT2D eigenvalue weighted by molar-refractivity contribution is 6.00. The standard InChI is InChI=1S/C15H17NO2/c1-9-2-4-13-11(6-9)12(17)8-15(18-13)7-10-3-5-14(15)16-10/h2,4,6,10,14,16H,3,5,7-8H2,1H3/t10-,14+,15-/m1/s1. The van der Waals surface area contributed by atoms with E-state index in [4.69, 9.17) is 4.74 Å². The highest BCUT2D eigenvalue weighted by atomic mass is 16.5. The number of fused-ring (bicyclic) bond motifs is 4. The minimum absolute atomic E-state index is 0.245. The molecule has 3 atom stereocenters. The van der Waals surface area contributed by atoms with E-state index >= 15 is 0 Å². The molecule has 0 amide bonds. The van der Waals surface area contributed by atoms with Crippen LogP contribution in [0.2, 0.25) is 0 Å². The van der Waals surface area contributed by atoms with Gasteiger partial charge < -0.3 is 10.1 Å². The van der Waals surface area contributed by atoms with Crippen molar-refractivity contribution in [2.75, 3.05) is 0 Å². The Morgan fingerprint density at radius 1 is 1.39 bits per heavy atom. The third-order valence-corrected chi connectivity index (χ3v) is 4.68. The summed E-state index contributed by atoms with van der Waals surface area (Å²) < 4.78 is 6.26. The zero-order valence-corrected chi connectivity index (χ0v) is 10.5. The summed E-state index contributed by atoms with van der Waals surface area (Å²) >= 11 is 0. The van der Waals surface area contributed by atoms with Gasteiger partial charge in [-0.3, -0.25) is 4.79 Å². The lowest BCUT2D eigenvalue weighted by atomic mass is 9.78. The maximum Gasteiger partial charge on any atom is 0.170 e. The van der Waals surface area contributed by atoms with Crippen LogP contribution < -0.4 is 10.1 Å². The van der Waals surface area contributed by atoms with Crippen LogP contribution in [0.25, 0.3) is 0 Å². The number of aryl methyl sites for hydroxylation is 1. The second-order valence-corrected chi connectivity index (χ2v) is 5.96. The Morgan fingerprint density at radius 3 is 3.00 bits per heavy atom. The molecular weight excluding hydrogens is 226 g/mol. The van der Waals surface area contributed by atoms with Crippen molar-refractivity contribution in [3.8, 4) is 5.75 Å². The Morgan fingerprint density at radius 2 is 2.28 bits per heavy atom. The Balaban J connectivity index is 1.76. The molecule has 0 radical (unpaired) electrons. The topological polar surface area (TPSA) is 38.3 Å². The van der Waals surface area contributed by atoms with Crippen LogP contribution in [-0.2, 0) is 0 Å². The predicted octanol–water partition coefficient (Wildman–Crippen LogP) is 2.22. The number of nitrogens with one attached hydrogen (secondary N) is 1. The van der Waals surface area contributed by atoms with Crippen molar-refractivity contribution < 1.29 is 9.53 Å². The van der Waals surface area contributed by atoms with Crippen molar-refractivity contribution in [1.82, 2.24) is 5.32 Å². The predicted molar refractivity (Wildman–Crippen MR) is 68.0 cm³/mol. The van der Waals surface area contributed by atoms with E-state index < -0.39 is 0 Å². The normalized spacial score (nSPS) is 36.8. The molecule has 0 aliphatic carbocycles. The zero-order chi connectivity index (χ0) is 12.3. The highest BCUT2D eigenvalue weighted by Gasteiger charge is 2.55. The van der Waals surface area contributed by atoms with E-state index in [-0.39, 0.29) is 11.4 Å². The monoisotopic (exact) mass is 243 g/mol. The minimum Gasteiger partial charge on any atom is -0.484 e. The van der Waals surface area contributed by atoms with Crippen LogP contribution in [-0.4, -0.2) is 23.5 Å². The lowest BCUT2D eigenvalue weighted by molar-refractivity contribution is 0.0232. The molecule has 3 aliphatic rings. The first-order valence-corrected chi connectivity index (χ1v) is 6.75. The molecule has 2 saturated heterocycles. The number of carbonyl (C=O) groups excluding carboxylic acids is 1. The fourth-order valence-corrected chi connectivity index (χ4v) is 3.84. The number of carbonyl (C=O) groups is 1. The van der Waals surface area contributed by atoms with Crippen LogP contribution in [0.1, 0.15) is 41.6 Å². The molecule has 3 nitrogen and oxygen atoms in total. The van der Waals surface area contributed by atoms with Crippen LogP contribution in [0.15, 0.2) is 18.2 Å². The number of Topliss-reactive ketones (excluding diaryl/α,β-unsaturated/α-hetero) is 1. The molecule has 3 heteroatoms. The number of benzene rings is 1. The Labute approximate surface area is 107 Å². The highest BCUT2D eigenvalue weighted by Crippen LogP contribution is 2.46. The smallest absolute Gasteiger partial charge is 0.170 e. The number of rotatable bonds is 0. The van der Waals surface area contributed by atoms with Gasteiger partial charge in [0.2, 0.25) is 0 Å². The summed E-state index contributed by atoms with van der Waals surface area (Å²) in [5.74, 6) is 1.03. The summed E-state index contributed by atoms with van der Waals surface area (Å²) in [6, 6.07) is 6.84. The minimum atomic E-state index is -0.262. The van der Waals surface area contributed by atoms with E-state index in [1.54, 1.807) is 0 Å². The molecule has 3 heterocycles. The quantitative estimate of drug-likeness (QED) is 0.759. The molecule has 0 saturated carbocycles. The molecule has 1 spiro atoms. The molecule has 0 aromatic heterocycles. The molecule has 1 N–H and O–H groups in total. The molecule has 2 fully saturated rings. The molecule has 1 aromatic rings. The fraction of sp³-hybridized carbons (Fsp3) is 0.533. The number of ether oxygens (including phenoxy) is 1. The van der Waals surface area contributed by atoms with Crippen LogP contribution >= 0.6 is 0 Å². The number of hydrogen-bond donors (Lipinski definition) is 1. The van der Waals surface area contributed by atoms with E-state index in [0.717, 1.165) is 29.7 Å². The summed E-state index contributed by atoms with van der Waals surface area (Å²) in [6.07, 6.45) is 3.89. The van der Waals surface area contributed by atoms with Gasteiger partial charge in [-0.2, -0.15) is 0 Å². The van der Waals surface area contributed by atoms with Gasteiger partial charge in [-0.1, -0.05) is 11.6 Å². The molecule has 94 valence electrons. The molecule has 0 unspecified atom stereocenters. The summed E-state index contributed by atoms with van der Waals surface area (Å²) in [7, 11) is 0. The van der Waals surface area contributed by atoms with Gasteiger partial charge in [-0.05, 0) is 31.9 Å². The van der Waals surface area contributed by atoms with Gasteiger partial charge >= 0.3 is 0 Å². The van der Waals surface area contributed by atoms with Crippen molar-refractivity contribution in [3.63, 3.8) is 0 Å². The van der Waals surface area contributed by atoms with Gasteiger partial charge in [0.25, 0.3) is 0 Å². The molecule has 3 aliphatic heterocycles. The van der Waals surface area contributed by atoms with E-state index in [1.807, 2.05) is 25.1 Å². The Kier molecular flexibility index (Phi) is 1.97. The summed E-state index contributed by atoms with van der Waals surface area (Å²) in [5.41, 5.74) is 1.62. The summed E-state index contributed by atoms with van der Waals surface area (Å²) in [4.78, 5) is 12.4. The lowest BCUT2D eigenvalue weighted by Crippen LogP contribution is -2.51. The fourth-order valence-electron chi connectivity index (χ4n) is 3.84. The first kappa shape index (κ1) is 10.6. The van der Waals surface area contributed by atoms with Gasteiger partial charge in [-0.15, -0.1) is 0 Å². The van der Waals surface area contributed by atoms with Crippen molar-refractivity contribution in [1.29, 1.82) is 0 Å². The summed E-state index contributed by atoms with van der Waals surface area (Å²) in [6.45, 7) is 2.01. The van der Waals surface area contributed by atoms with Crippen molar-refractivity contribution in [2.24, 2.45) is 0 Å². The zero-order valence-electron chi connectivity index (χ0n) is 10.5. The molecular formula is C15H17NO2. The first-order valence-electron chi connectivity index (χ1n) is 6.75. The number of ketones is 1. The second-order valence-electron chi connectivity index (χ2n) is 5.96. The maximum atomic E-state index is 12.4. The van der Waals surface area contributed by atoms with E-state index in [2.05, 4.69) is 5.32 Å². The third-order valence-electron chi connectivity index (χ3n) is 4.68. The van der Waals surface area contributed by atoms with Gasteiger partial charge in [0.1, 0.15) is 11.4 Å². The van der Waals surface area contributed by atoms with E-state index in [1.165, 1.54) is 6.42 Å². The lowest BCUT2D eigenvalue weighted by Gasteiger charge is -2.40. The molecule has 18 heavy (non-hydrogen) atoms. The van der Waals surface area contributed by atoms with E-state index in [9.17, 15) is 4.79 Å². The first-order chi connectivity index (χ1) is 8.66. The van der Waals surface area contributed by atoms with Crippen LogP contribution in [0.5, 0.6) is 5.75 Å². The van der Waals surface area contributed by atoms with Crippen LogP contribution in [0.3, 0.4) is 0 Å². The SMILES string of the molecule is Cc1ccc2c(c1)C(=O)C[C@@]1(C[C@H]3CC[C@@H]1N3)O2. The average molecular weight is 243 g/mol. The van der Waals surface area contributed by atoms with Crippen LogP contribution in [0, 0.1) is 6.92 Å². The van der Waals surface area contributed by atoms with Crippen molar-refractivity contribution >= 4 is 5.78 Å². The Hall–Kier alpha value is -1.35. The Bertz CT molecular complexity index is 539. The molecule has 4 rings (SSSR count). The van der Waals surface area contributed by atoms with Crippen LogP contribution in [0.4, 0.5) is 0 Å². The second kappa shape index (κ2) is 3.35. The van der Waals surface area contributed by atoms with Gasteiger partial charge in [-0.25, -0.2) is 0 Å². The van der Waals surface area contributed by atoms with Gasteiger partial charge in [0.15, 0.2) is 5.78 Å². The number of hydrogen-bond acceptors (Lipinski definition) is 3. The van der Waals surface area contributed by atoms with E-state index in [0.29, 0.717) is 18.5 Å². The molecule has 1 aromatic carbocycles. The molecule has 2 bridgehead atoms.